The Balaban J connectivity index is 1.46. The zero-order chi connectivity index (χ0) is 25.9. The second-order valence-corrected chi connectivity index (χ2v) is 10.2. The molecule has 0 saturated heterocycles. The molecule has 7 heteroatoms. The lowest BCUT2D eigenvalue weighted by molar-refractivity contribution is -0.159. The summed E-state index contributed by atoms with van der Waals surface area (Å²) in [5.74, 6) is -1.58. The van der Waals surface area contributed by atoms with Crippen LogP contribution in [0.25, 0.3) is 11.1 Å². The molecule has 3 aromatic carbocycles. The SMILES string of the molecule is CC(C)(Cc1ccc(Cl)cc1)OC(=O)[C@H](CCC(N)=O)NC(=O)c1ccc2c(c1)Cc1ccccc1-2. The van der Waals surface area contributed by atoms with E-state index in [1.54, 1.807) is 32.0 Å². The molecule has 0 heterocycles. The number of nitrogens with two attached hydrogens (primary N) is 1. The van der Waals surface area contributed by atoms with E-state index >= 15 is 0 Å². The Labute approximate surface area is 215 Å². The normalized spacial score (nSPS) is 12.9. The van der Waals surface area contributed by atoms with E-state index in [-0.39, 0.29) is 12.8 Å². The zero-order valence-electron chi connectivity index (χ0n) is 20.3. The van der Waals surface area contributed by atoms with Crippen LogP contribution in [0, 0.1) is 0 Å². The highest BCUT2D eigenvalue weighted by Gasteiger charge is 2.30. The van der Waals surface area contributed by atoms with Gasteiger partial charge in [-0.2, -0.15) is 0 Å². The fourth-order valence-corrected chi connectivity index (χ4v) is 4.66. The van der Waals surface area contributed by atoms with Gasteiger partial charge in [-0.25, -0.2) is 4.79 Å². The number of hydrogen-bond donors (Lipinski definition) is 2. The van der Waals surface area contributed by atoms with Crippen molar-refractivity contribution in [1.82, 2.24) is 5.32 Å². The molecule has 1 aliphatic carbocycles. The van der Waals surface area contributed by atoms with Crippen molar-refractivity contribution in [2.75, 3.05) is 0 Å². The number of rotatable bonds is 9. The first-order valence-electron chi connectivity index (χ1n) is 11.9. The number of primary amides is 1. The largest absolute Gasteiger partial charge is 0.458 e. The fraction of sp³-hybridized carbons (Fsp3) is 0.276. The smallest absolute Gasteiger partial charge is 0.329 e. The van der Waals surface area contributed by atoms with Gasteiger partial charge in [-0.05, 0) is 78.8 Å². The van der Waals surface area contributed by atoms with Gasteiger partial charge in [0, 0.05) is 23.4 Å². The number of hydrogen-bond acceptors (Lipinski definition) is 4. The van der Waals surface area contributed by atoms with Gasteiger partial charge >= 0.3 is 5.97 Å². The summed E-state index contributed by atoms with van der Waals surface area (Å²) in [5, 5.41) is 3.38. The van der Waals surface area contributed by atoms with Crippen LogP contribution in [0.3, 0.4) is 0 Å². The lowest BCUT2D eigenvalue weighted by Crippen LogP contribution is -2.45. The van der Waals surface area contributed by atoms with Crippen LogP contribution in [0.4, 0.5) is 0 Å². The monoisotopic (exact) mass is 504 g/mol. The van der Waals surface area contributed by atoms with Crippen LogP contribution in [-0.2, 0) is 27.2 Å². The van der Waals surface area contributed by atoms with E-state index in [1.165, 1.54) is 11.1 Å². The average molecular weight is 505 g/mol. The van der Waals surface area contributed by atoms with Gasteiger partial charge < -0.3 is 15.8 Å². The van der Waals surface area contributed by atoms with Gasteiger partial charge in [-0.3, -0.25) is 9.59 Å². The number of halogens is 1. The molecule has 1 atom stereocenters. The lowest BCUT2D eigenvalue weighted by Gasteiger charge is -2.28. The van der Waals surface area contributed by atoms with E-state index < -0.39 is 29.4 Å². The number of esters is 1. The minimum atomic E-state index is -1.01. The third-order valence-corrected chi connectivity index (χ3v) is 6.50. The molecule has 0 aromatic heterocycles. The Hall–Kier alpha value is -3.64. The van der Waals surface area contributed by atoms with Crippen LogP contribution < -0.4 is 11.1 Å². The molecule has 2 amide bonds. The molecule has 0 fully saturated rings. The third-order valence-electron chi connectivity index (χ3n) is 6.25. The highest BCUT2D eigenvalue weighted by atomic mass is 35.5. The predicted octanol–water partition coefficient (Wildman–Crippen LogP) is 4.84. The van der Waals surface area contributed by atoms with Gasteiger partial charge in [0.1, 0.15) is 11.6 Å². The Morgan fingerprint density at radius 2 is 1.69 bits per heavy atom. The summed E-state index contributed by atoms with van der Waals surface area (Å²) in [6.07, 6.45) is 1.20. The molecular formula is C29H29ClN2O4. The van der Waals surface area contributed by atoms with Crippen LogP contribution in [0.15, 0.2) is 66.7 Å². The minimum absolute atomic E-state index is 0.0489. The van der Waals surface area contributed by atoms with Crippen LogP contribution in [0.1, 0.15) is 53.7 Å². The Morgan fingerprint density at radius 1 is 1.00 bits per heavy atom. The molecule has 6 nitrogen and oxygen atoms in total. The molecule has 36 heavy (non-hydrogen) atoms. The molecule has 4 rings (SSSR count). The summed E-state index contributed by atoms with van der Waals surface area (Å²) >= 11 is 5.96. The first-order chi connectivity index (χ1) is 17.1. The van der Waals surface area contributed by atoms with E-state index in [1.807, 2.05) is 36.4 Å². The number of nitrogens with one attached hydrogen (secondary N) is 1. The maximum absolute atomic E-state index is 13.1. The Kier molecular flexibility index (Phi) is 7.45. The summed E-state index contributed by atoms with van der Waals surface area (Å²) in [4.78, 5) is 37.6. The Bertz CT molecular complexity index is 1300. The summed E-state index contributed by atoms with van der Waals surface area (Å²) < 4.78 is 5.78. The lowest BCUT2D eigenvalue weighted by atomic mass is 9.98. The third kappa shape index (κ3) is 6.13. The maximum Gasteiger partial charge on any atom is 0.329 e. The molecule has 0 spiro atoms. The van der Waals surface area contributed by atoms with Crippen molar-refractivity contribution in [3.05, 3.63) is 94.0 Å². The van der Waals surface area contributed by atoms with Crippen molar-refractivity contribution < 1.29 is 19.1 Å². The van der Waals surface area contributed by atoms with E-state index in [0.29, 0.717) is 17.0 Å². The molecule has 0 radical (unpaired) electrons. The maximum atomic E-state index is 13.1. The quantitative estimate of drug-likeness (QED) is 0.319. The van der Waals surface area contributed by atoms with Crippen molar-refractivity contribution in [2.24, 2.45) is 5.73 Å². The van der Waals surface area contributed by atoms with E-state index in [2.05, 4.69) is 17.4 Å². The number of ether oxygens (including phenoxy) is 1. The predicted molar refractivity (Wildman–Crippen MR) is 140 cm³/mol. The molecule has 0 aliphatic heterocycles. The number of fused-ring (bicyclic) bond motifs is 3. The van der Waals surface area contributed by atoms with Gasteiger partial charge in [0.05, 0.1) is 0 Å². The van der Waals surface area contributed by atoms with Crippen molar-refractivity contribution >= 4 is 29.4 Å². The molecular weight excluding hydrogens is 476 g/mol. The van der Waals surface area contributed by atoms with Gasteiger partial charge in [0.2, 0.25) is 5.91 Å². The molecule has 0 bridgehead atoms. The molecule has 186 valence electrons. The first kappa shape index (κ1) is 25.5. The number of benzene rings is 3. The van der Waals surface area contributed by atoms with Crippen molar-refractivity contribution in [3.8, 4) is 11.1 Å². The van der Waals surface area contributed by atoms with Crippen LogP contribution in [-0.4, -0.2) is 29.4 Å². The van der Waals surface area contributed by atoms with Gasteiger partial charge in [-0.1, -0.05) is 54.1 Å². The summed E-state index contributed by atoms with van der Waals surface area (Å²) in [5.41, 5.74) is 10.4. The van der Waals surface area contributed by atoms with Crippen molar-refractivity contribution in [1.29, 1.82) is 0 Å². The van der Waals surface area contributed by atoms with Crippen LogP contribution in [0.2, 0.25) is 5.02 Å². The van der Waals surface area contributed by atoms with Crippen molar-refractivity contribution in [3.63, 3.8) is 0 Å². The van der Waals surface area contributed by atoms with Crippen molar-refractivity contribution in [2.45, 2.75) is 51.2 Å². The molecule has 3 aromatic rings. The van der Waals surface area contributed by atoms with Crippen LogP contribution in [0.5, 0.6) is 0 Å². The number of carbonyl (C=O) groups is 3. The van der Waals surface area contributed by atoms with Gasteiger partial charge in [0.25, 0.3) is 5.91 Å². The molecule has 0 unspecified atom stereocenters. The molecule has 0 saturated carbocycles. The minimum Gasteiger partial charge on any atom is -0.458 e. The van der Waals surface area contributed by atoms with E-state index in [4.69, 9.17) is 22.1 Å². The molecule has 3 N–H and O–H groups in total. The summed E-state index contributed by atoms with van der Waals surface area (Å²) in [7, 11) is 0. The number of carbonyl (C=O) groups excluding carboxylic acids is 3. The standard InChI is InChI=1S/C29H29ClN2O4/c1-29(2,17-18-7-10-22(30)11-8-18)36-28(35)25(13-14-26(31)33)32-27(34)20-9-12-24-21(16-20)15-19-5-3-4-6-23(19)24/h3-12,16,25H,13-15,17H2,1-2H3,(H2,31,33)(H,32,34)/t25-/m0/s1. The average Bonchev–Trinajstić information content (AvgIpc) is 3.20. The summed E-state index contributed by atoms with van der Waals surface area (Å²) in [6, 6.07) is 20.0. The zero-order valence-corrected chi connectivity index (χ0v) is 21.1. The van der Waals surface area contributed by atoms with Crippen LogP contribution >= 0.6 is 11.6 Å². The highest BCUT2D eigenvalue weighted by molar-refractivity contribution is 6.30. The van der Waals surface area contributed by atoms with E-state index in [9.17, 15) is 14.4 Å². The molecule has 1 aliphatic rings. The topological polar surface area (TPSA) is 98.5 Å². The van der Waals surface area contributed by atoms with Gasteiger partial charge in [-0.15, -0.1) is 0 Å². The second kappa shape index (κ2) is 10.5. The first-order valence-corrected chi connectivity index (χ1v) is 12.3. The van der Waals surface area contributed by atoms with Gasteiger partial charge in [0.15, 0.2) is 0 Å². The highest BCUT2D eigenvalue weighted by Crippen LogP contribution is 2.36. The summed E-state index contributed by atoms with van der Waals surface area (Å²) in [6.45, 7) is 3.59. The number of amides is 2. The van der Waals surface area contributed by atoms with E-state index in [0.717, 1.165) is 23.1 Å². The second-order valence-electron chi connectivity index (χ2n) is 9.72. The Morgan fingerprint density at radius 3 is 2.42 bits per heavy atom. The fourth-order valence-electron chi connectivity index (χ4n) is 4.54.